The van der Waals surface area contributed by atoms with Gasteiger partial charge in [0.05, 0.1) is 34.5 Å². The van der Waals surface area contributed by atoms with Crippen LogP contribution < -0.4 is 25.0 Å². The van der Waals surface area contributed by atoms with E-state index in [4.69, 9.17) is 37.4 Å². The molecule has 4 aromatic rings. The van der Waals surface area contributed by atoms with Crippen LogP contribution >= 0.6 is 55.1 Å². The van der Waals surface area contributed by atoms with E-state index in [2.05, 4.69) is 47.7 Å². The molecule has 13 heteroatoms. The van der Waals surface area contributed by atoms with Gasteiger partial charge >= 0.3 is 5.97 Å². The topological polar surface area (TPSA) is 115 Å². The summed E-state index contributed by atoms with van der Waals surface area (Å²) in [6, 6.07) is 19.0. The van der Waals surface area contributed by atoms with Gasteiger partial charge in [-0.2, -0.15) is 5.10 Å². The minimum absolute atomic E-state index is 0.122. The third kappa shape index (κ3) is 9.07. The van der Waals surface area contributed by atoms with Gasteiger partial charge in [-0.1, -0.05) is 45.2 Å². The first kappa shape index (κ1) is 34.0. The third-order valence-electron chi connectivity index (χ3n) is 5.94. The Hall–Kier alpha value is -3.90. The number of carbonyl (C=O) groups is 3. The molecule has 2 amide bonds. The lowest BCUT2D eigenvalue weighted by Crippen LogP contribution is -2.18. The van der Waals surface area contributed by atoms with Crippen LogP contribution in [0, 0.1) is 0 Å². The molecule has 0 unspecified atom stereocenters. The van der Waals surface area contributed by atoms with Crippen LogP contribution in [0.5, 0.6) is 17.2 Å². The van der Waals surface area contributed by atoms with Gasteiger partial charge in [0.25, 0.3) is 11.8 Å². The van der Waals surface area contributed by atoms with Crippen LogP contribution in [0.2, 0.25) is 10.0 Å². The molecule has 232 valence electrons. The molecule has 4 aromatic carbocycles. The normalized spacial score (nSPS) is 10.8. The smallest absolute Gasteiger partial charge is 0.345 e. The fraction of sp³-hybridized carbons (Fsp3) is 0.125. The van der Waals surface area contributed by atoms with Gasteiger partial charge in [0.2, 0.25) is 0 Å². The number of benzene rings is 4. The number of hydrogen-bond donors (Lipinski definition) is 2. The summed E-state index contributed by atoms with van der Waals surface area (Å²) in [5.74, 6) is -0.488. The van der Waals surface area contributed by atoms with Crippen LogP contribution in [0.15, 0.2) is 86.8 Å². The quantitative estimate of drug-likeness (QED) is 0.0683. The lowest BCUT2D eigenvalue weighted by molar-refractivity contribution is 0.0732. The Labute approximate surface area is 286 Å². The van der Waals surface area contributed by atoms with E-state index in [1.165, 1.54) is 30.5 Å². The van der Waals surface area contributed by atoms with Crippen LogP contribution in [0.25, 0.3) is 0 Å². The van der Waals surface area contributed by atoms with E-state index < -0.39 is 17.8 Å². The molecule has 2 N–H and O–H groups in total. The standard InChI is InChI=1S/C32H25Br2Cl2N3O6/c1-3-43-27-11-8-19(14-28(27)44-4-2)30(40)38-23-7-5-6-18(13-23)31(41)39-37-17-20-12-21(33)15-25(34)29(20)45-32(42)24-10-9-22(35)16-26(24)36/h5-17H,3-4H2,1-2H3,(H,38,40)(H,39,41). The number of halogens is 4. The summed E-state index contributed by atoms with van der Waals surface area (Å²) in [7, 11) is 0. The number of nitrogens with one attached hydrogen (secondary N) is 2. The third-order valence-corrected chi connectivity index (χ3v) is 7.54. The van der Waals surface area contributed by atoms with Gasteiger partial charge in [-0.15, -0.1) is 0 Å². The van der Waals surface area contributed by atoms with Gasteiger partial charge in [0.1, 0.15) is 0 Å². The van der Waals surface area contributed by atoms with Gasteiger partial charge in [0.15, 0.2) is 17.2 Å². The average Bonchev–Trinajstić information content (AvgIpc) is 2.99. The maximum atomic E-state index is 12.9. The van der Waals surface area contributed by atoms with E-state index in [-0.39, 0.29) is 21.9 Å². The first-order valence-corrected chi connectivity index (χ1v) is 15.7. The summed E-state index contributed by atoms with van der Waals surface area (Å²) in [6.45, 7) is 4.57. The number of esters is 1. The van der Waals surface area contributed by atoms with Gasteiger partial charge in [-0.25, -0.2) is 10.2 Å². The number of carbonyl (C=O) groups excluding carboxylic acids is 3. The molecule has 0 bridgehead atoms. The number of rotatable bonds is 11. The molecular weight excluding hydrogens is 753 g/mol. The van der Waals surface area contributed by atoms with Gasteiger partial charge in [-0.05, 0) is 96.5 Å². The Morgan fingerprint density at radius 2 is 1.58 bits per heavy atom. The highest BCUT2D eigenvalue weighted by Gasteiger charge is 2.18. The molecule has 0 fully saturated rings. The highest BCUT2D eigenvalue weighted by atomic mass is 79.9. The second kappa shape index (κ2) is 15.9. The Morgan fingerprint density at radius 3 is 2.31 bits per heavy atom. The summed E-state index contributed by atoms with van der Waals surface area (Å²) in [5.41, 5.74) is 3.94. The van der Waals surface area contributed by atoms with Crippen LogP contribution in [0.3, 0.4) is 0 Å². The highest BCUT2D eigenvalue weighted by molar-refractivity contribution is 9.11. The summed E-state index contributed by atoms with van der Waals surface area (Å²) < 4.78 is 17.9. The van der Waals surface area contributed by atoms with Crippen molar-refractivity contribution >= 4 is 84.7 Å². The fourth-order valence-corrected chi connectivity index (χ4v) is 5.77. The lowest BCUT2D eigenvalue weighted by Gasteiger charge is -2.13. The van der Waals surface area contributed by atoms with Crippen molar-refractivity contribution < 1.29 is 28.6 Å². The SMILES string of the molecule is CCOc1ccc(C(=O)Nc2cccc(C(=O)NN=Cc3cc(Br)cc(Br)c3OC(=O)c3ccc(Cl)cc3Cl)c2)cc1OCC. The molecule has 9 nitrogen and oxygen atoms in total. The number of ether oxygens (including phenoxy) is 3. The summed E-state index contributed by atoms with van der Waals surface area (Å²) >= 11 is 18.9. The predicted octanol–water partition coefficient (Wildman–Crippen LogP) is 8.55. The molecule has 0 radical (unpaired) electrons. The number of hydrazone groups is 1. The first-order chi connectivity index (χ1) is 21.6. The molecule has 0 heterocycles. The van der Waals surface area contributed by atoms with Crippen molar-refractivity contribution in [3.63, 3.8) is 0 Å². The highest BCUT2D eigenvalue weighted by Crippen LogP contribution is 2.34. The van der Waals surface area contributed by atoms with E-state index in [0.29, 0.717) is 55.5 Å². The average molecular weight is 778 g/mol. The minimum atomic E-state index is -0.711. The molecule has 0 atom stereocenters. The molecule has 0 aromatic heterocycles. The fourth-order valence-electron chi connectivity index (χ4n) is 3.95. The lowest BCUT2D eigenvalue weighted by atomic mass is 10.1. The maximum Gasteiger partial charge on any atom is 0.345 e. The van der Waals surface area contributed by atoms with Crippen molar-refractivity contribution in [2.24, 2.45) is 5.10 Å². The van der Waals surface area contributed by atoms with Gasteiger partial charge in [-0.3, -0.25) is 9.59 Å². The van der Waals surface area contributed by atoms with Crippen molar-refractivity contribution in [1.29, 1.82) is 0 Å². The zero-order chi connectivity index (χ0) is 32.5. The number of anilines is 1. The zero-order valence-electron chi connectivity index (χ0n) is 23.8. The molecular formula is C32H25Br2Cl2N3O6. The van der Waals surface area contributed by atoms with E-state index in [1.54, 1.807) is 48.5 Å². The van der Waals surface area contributed by atoms with E-state index >= 15 is 0 Å². The molecule has 0 aliphatic rings. The van der Waals surface area contributed by atoms with Crippen LogP contribution in [0.4, 0.5) is 5.69 Å². The predicted molar refractivity (Wildman–Crippen MR) is 181 cm³/mol. The van der Waals surface area contributed by atoms with Crippen molar-refractivity contribution in [3.05, 3.63) is 114 Å². The Bertz CT molecular complexity index is 1780. The minimum Gasteiger partial charge on any atom is -0.490 e. The molecule has 0 saturated carbocycles. The Morgan fingerprint density at radius 1 is 0.844 bits per heavy atom. The van der Waals surface area contributed by atoms with Crippen LogP contribution in [0.1, 0.15) is 50.5 Å². The van der Waals surface area contributed by atoms with Gasteiger partial charge < -0.3 is 19.5 Å². The monoisotopic (exact) mass is 775 g/mol. The summed E-state index contributed by atoms with van der Waals surface area (Å²) in [4.78, 5) is 38.7. The number of amides is 2. The van der Waals surface area contributed by atoms with Crippen LogP contribution in [-0.4, -0.2) is 37.2 Å². The van der Waals surface area contributed by atoms with Crippen molar-refractivity contribution in [1.82, 2.24) is 5.43 Å². The van der Waals surface area contributed by atoms with Crippen molar-refractivity contribution in [3.8, 4) is 17.2 Å². The largest absolute Gasteiger partial charge is 0.490 e. The number of nitrogens with zero attached hydrogens (tertiary/aromatic N) is 1. The first-order valence-electron chi connectivity index (χ1n) is 13.4. The maximum absolute atomic E-state index is 12.9. The summed E-state index contributed by atoms with van der Waals surface area (Å²) in [6.07, 6.45) is 1.33. The summed E-state index contributed by atoms with van der Waals surface area (Å²) in [5, 5.41) is 7.34. The number of hydrogen-bond acceptors (Lipinski definition) is 7. The van der Waals surface area contributed by atoms with Crippen LogP contribution in [-0.2, 0) is 0 Å². The van der Waals surface area contributed by atoms with Crippen molar-refractivity contribution in [2.45, 2.75) is 13.8 Å². The molecule has 45 heavy (non-hydrogen) atoms. The zero-order valence-corrected chi connectivity index (χ0v) is 28.5. The molecule has 0 saturated heterocycles. The Kier molecular flexibility index (Phi) is 12.0. The second-order valence-electron chi connectivity index (χ2n) is 9.08. The van der Waals surface area contributed by atoms with Crippen molar-refractivity contribution in [2.75, 3.05) is 18.5 Å². The van der Waals surface area contributed by atoms with Gasteiger partial charge in [0, 0.05) is 31.9 Å². The van der Waals surface area contributed by atoms with E-state index in [9.17, 15) is 14.4 Å². The Balaban J connectivity index is 1.46. The molecule has 0 aliphatic carbocycles. The molecule has 4 rings (SSSR count). The van der Waals surface area contributed by atoms with E-state index in [1.807, 2.05) is 13.8 Å². The second-order valence-corrected chi connectivity index (χ2v) is 11.7. The van der Waals surface area contributed by atoms with E-state index in [0.717, 1.165) is 0 Å². The molecule has 0 aliphatic heterocycles. The molecule has 0 spiro atoms.